The number of ether oxygens (including phenoxy) is 1. The molecule has 0 N–H and O–H groups in total. The monoisotopic (exact) mass is 346 g/mol. The van der Waals surface area contributed by atoms with Crippen molar-refractivity contribution >= 4 is 43.4 Å². The lowest BCUT2D eigenvalue weighted by Crippen LogP contribution is -2.34. The summed E-state index contributed by atoms with van der Waals surface area (Å²) in [6.45, 7) is 0.445. The summed E-state index contributed by atoms with van der Waals surface area (Å²) in [6, 6.07) is 12.2. The van der Waals surface area contributed by atoms with Crippen molar-refractivity contribution in [3.63, 3.8) is 0 Å². The van der Waals surface area contributed by atoms with Gasteiger partial charge in [-0.15, -0.1) is 4.40 Å². The summed E-state index contributed by atoms with van der Waals surface area (Å²) < 4.78 is 32.3. The van der Waals surface area contributed by atoms with Crippen molar-refractivity contribution in [2.75, 3.05) is 19.4 Å². The maximum absolute atomic E-state index is 11.6. The molecule has 5 nitrogen and oxygen atoms in total. The summed E-state index contributed by atoms with van der Waals surface area (Å²) in [7, 11) is -1.65. The van der Waals surface area contributed by atoms with E-state index in [1.54, 1.807) is 7.11 Å². The van der Waals surface area contributed by atoms with Crippen molar-refractivity contribution in [2.24, 2.45) is 4.40 Å². The Labute approximate surface area is 138 Å². The zero-order chi connectivity index (χ0) is 16.0. The van der Waals surface area contributed by atoms with E-state index in [-0.39, 0.29) is 5.75 Å². The van der Waals surface area contributed by atoms with Gasteiger partial charge in [0, 0.05) is 12.0 Å². The predicted octanol–water partition coefficient (Wildman–Crippen LogP) is 2.90. The molecule has 0 amide bonds. The number of nitrogens with zero attached hydrogens (tertiary/aromatic N) is 2. The summed E-state index contributed by atoms with van der Waals surface area (Å²) in [5, 5.41) is 4.73. The van der Waals surface area contributed by atoms with Crippen molar-refractivity contribution in [3.8, 4) is 5.75 Å². The van der Waals surface area contributed by atoms with Gasteiger partial charge in [0.15, 0.2) is 5.17 Å². The topological polar surface area (TPSA) is 59.0 Å². The van der Waals surface area contributed by atoms with Gasteiger partial charge >= 0.3 is 0 Å². The minimum atomic E-state index is -3.31. The number of fused-ring (bicyclic) bond motifs is 2. The Hall–Kier alpha value is -1.99. The standard InChI is InChI=1S/C16H14N2O3S2/c1-21-14-5-4-11-8-13(3-2-12(11)9-14)15-10-22-16-17-23(19,20)7-6-18(15)16/h2-5,8-10H,6-7H2,1H3. The van der Waals surface area contributed by atoms with Crippen LogP contribution >= 0.6 is 11.8 Å². The molecule has 0 unspecified atom stereocenters. The third-order valence-corrected chi connectivity index (χ3v) is 6.06. The van der Waals surface area contributed by atoms with E-state index in [0.717, 1.165) is 27.8 Å². The van der Waals surface area contributed by atoms with Crippen LogP contribution in [0.2, 0.25) is 0 Å². The summed E-state index contributed by atoms with van der Waals surface area (Å²) in [5.74, 6) is 0.885. The number of hydrogen-bond acceptors (Lipinski definition) is 5. The largest absolute Gasteiger partial charge is 0.497 e. The van der Waals surface area contributed by atoms with E-state index in [1.165, 1.54) is 11.8 Å². The van der Waals surface area contributed by atoms with Crippen molar-refractivity contribution in [2.45, 2.75) is 0 Å². The minimum absolute atomic E-state index is 0.0547. The second kappa shape index (κ2) is 5.28. The van der Waals surface area contributed by atoms with Gasteiger partial charge in [-0.25, -0.2) is 8.42 Å². The number of amidine groups is 1. The van der Waals surface area contributed by atoms with Crippen molar-refractivity contribution < 1.29 is 13.2 Å². The first-order valence-corrected chi connectivity index (χ1v) is 9.60. The Bertz CT molecular complexity index is 964. The number of hydrogen-bond donors (Lipinski definition) is 0. The van der Waals surface area contributed by atoms with Gasteiger partial charge in [0.25, 0.3) is 10.0 Å². The molecule has 2 aliphatic rings. The number of benzene rings is 2. The lowest BCUT2D eigenvalue weighted by atomic mass is 10.0. The predicted molar refractivity (Wildman–Crippen MR) is 94.0 cm³/mol. The highest BCUT2D eigenvalue weighted by Crippen LogP contribution is 2.36. The van der Waals surface area contributed by atoms with Gasteiger partial charge in [0.05, 0.1) is 18.6 Å². The lowest BCUT2D eigenvalue weighted by Gasteiger charge is -2.25. The molecule has 0 aromatic heterocycles. The quantitative estimate of drug-likeness (QED) is 0.837. The number of rotatable bonds is 2. The minimum Gasteiger partial charge on any atom is -0.497 e. The molecule has 0 aliphatic carbocycles. The van der Waals surface area contributed by atoms with Crippen molar-refractivity contribution in [1.82, 2.24) is 4.90 Å². The molecule has 0 fully saturated rings. The SMILES string of the molecule is COc1ccc2cc(C3=CSC4=NS(=O)(=O)CCN34)ccc2c1. The van der Waals surface area contributed by atoms with Gasteiger partial charge in [-0.1, -0.05) is 30.0 Å². The molecule has 0 atom stereocenters. The Morgan fingerprint density at radius 2 is 1.96 bits per heavy atom. The van der Waals surface area contributed by atoms with Crippen LogP contribution in [0.3, 0.4) is 0 Å². The van der Waals surface area contributed by atoms with Gasteiger partial charge in [0.2, 0.25) is 0 Å². The average molecular weight is 346 g/mol. The van der Waals surface area contributed by atoms with E-state index >= 15 is 0 Å². The molecule has 0 spiro atoms. The van der Waals surface area contributed by atoms with Gasteiger partial charge in [-0.05, 0) is 34.5 Å². The second-order valence-electron chi connectivity index (χ2n) is 5.36. The van der Waals surface area contributed by atoms with Crippen LogP contribution in [0.4, 0.5) is 0 Å². The maximum atomic E-state index is 11.6. The van der Waals surface area contributed by atoms with E-state index in [4.69, 9.17) is 4.74 Å². The molecule has 23 heavy (non-hydrogen) atoms. The molecule has 4 rings (SSSR count). The van der Waals surface area contributed by atoms with Crippen LogP contribution < -0.4 is 4.74 Å². The molecule has 2 aliphatic heterocycles. The fourth-order valence-corrected chi connectivity index (χ4v) is 4.88. The third-order valence-electron chi connectivity index (χ3n) is 3.93. The third kappa shape index (κ3) is 2.60. The van der Waals surface area contributed by atoms with Gasteiger partial charge in [0.1, 0.15) is 5.75 Å². The Morgan fingerprint density at radius 1 is 1.17 bits per heavy atom. The van der Waals surface area contributed by atoms with Crippen LogP contribution in [0.25, 0.3) is 16.5 Å². The summed E-state index contributed by atoms with van der Waals surface area (Å²) in [6.07, 6.45) is 0. The molecule has 2 heterocycles. The van der Waals surface area contributed by atoms with Crippen molar-refractivity contribution in [3.05, 3.63) is 47.4 Å². The first-order valence-electron chi connectivity index (χ1n) is 7.11. The zero-order valence-corrected chi connectivity index (χ0v) is 14.0. The molecule has 2 aromatic carbocycles. The Morgan fingerprint density at radius 3 is 2.78 bits per heavy atom. The smallest absolute Gasteiger partial charge is 0.257 e. The summed E-state index contributed by atoms with van der Waals surface area (Å²) in [5.41, 5.74) is 2.06. The molecule has 0 saturated carbocycles. The van der Waals surface area contributed by atoms with E-state index in [9.17, 15) is 8.42 Å². The fourth-order valence-electron chi connectivity index (χ4n) is 2.73. The summed E-state index contributed by atoms with van der Waals surface area (Å²) in [4.78, 5) is 1.97. The van der Waals surface area contributed by atoms with E-state index in [0.29, 0.717) is 11.7 Å². The summed E-state index contributed by atoms with van der Waals surface area (Å²) >= 11 is 1.36. The lowest BCUT2D eigenvalue weighted by molar-refractivity contribution is 0.415. The number of thioether (sulfide) groups is 1. The van der Waals surface area contributed by atoms with Crippen molar-refractivity contribution in [1.29, 1.82) is 0 Å². The first-order chi connectivity index (χ1) is 11.1. The zero-order valence-electron chi connectivity index (χ0n) is 12.4. The number of methoxy groups -OCH3 is 1. The van der Waals surface area contributed by atoms with Gasteiger partial charge in [-0.2, -0.15) is 0 Å². The van der Waals surface area contributed by atoms with Gasteiger partial charge in [-0.3, -0.25) is 0 Å². The highest BCUT2D eigenvalue weighted by Gasteiger charge is 2.31. The van der Waals surface area contributed by atoms with Crippen LogP contribution in [-0.2, 0) is 10.0 Å². The molecule has 118 valence electrons. The van der Waals surface area contributed by atoms with Gasteiger partial charge < -0.3 is 9.64 Å². The molecule has 7 heteroatoms. The first kappa shape index (κ1) is 14.6. The highest BCUT2D eigenvalue weighted by atomic mass is 32.2. The van der Waals surface area contributed by atoms with E-state index in [1.807, 2.05) is 34.6 Å². The van der Waals surface area contributed by atoms with E-state index < -0.39 is 10.0 Å². The molecule has 0 bridgehead atoms. The van der Waals surface area contributed by atoms with Crippen LogP contribution in [0.15, 0.2) is 46.2 Å². The molecule has 2 aromatic rings. The molecular weight excluding hydrogens is 332 g/mol. The average Bonchev–Trinajstić information content (AvgIpc) is 2.95. The maximum Gasteiger partial charge on any atom is 0.257 e. The van der Waals surface area contributed by atoms with Crippen LogP contribution in [-0.4, -0.2) is 37.9 Å². The fraction of sp³-hybridized carbons (Fsp3) is 0.188. The van der Waals surface area contributed by atoms with E-state index in [2.05, 4.69) is 16.5 Å². The Kier molecular flexibility index (Phi) is 3.35. The number of sulfonamides is 1. The molecule has 0 radical (unpaired) electrons. The van der Waals surface area contributed by atoms with Crippen LogP contribution in [0, 0.1) is 0 Å². The van der Waals surface area contributed by atoms with Crippen LogP contribution in [0.1, 0.15) is 5.56 Å². The molecular formula is C16H14N2O3S2. The van der Waals surface area contributed by atoms with Crippen LogP contribution in [0.5, 0.6) is 5.75 Å². The highest BCUT2D eigenvalue weighted by molar-refractivity contribution is 8.17. The Balaban J connectivity index is 1.73. The normalized spacial score (nSPS) is 19.3. The second-order valence-corrected chi connectivity index (χ2v) is 7.95. The molecule has 0 saturated heterocycles.